The second kappa shape index (κ2) is 4.55. The Kier molecular flexibility index (Phi) is 2.87. The van der Waals surface area contributed by atoms with Crippen molar-refractivity contribution in [2.45, 2.75) is 0 Å². The molecule has 0 aliphatic carbocycles. The molecule has 1 heterocycles. The van der Waals surface area contributed by atoms with Gasteiger partial charge in [-0.15, -0.1) is 0 Å². The summed E-state index contributed by atoms with van der Waals surface area (Å²) in [5.74, 6) is -0.800. The summed E-state index contributed by atoms with van der Waals surface area (Å²) in [7, 11) is 0. The molecule has 1 aliphatic heterocycles. The number of ether oxygens (including phenoxy) is 1. The van der Waals surface area contributed by atoms with E-state index in [4.69, 9.17) is 4.74 Å². The van der Waals surface area contributed by atoms with Crippen LogP contribution in [0.4, 0.5) is 5.69 Å². The van der Waals surface area contributed by atoms with E-state index in [0.29, 0.717) is 6.54 Å². The second-order valence-corrected chi connectivity index (χ2v) is 4.96. The van der Waals surface area contributed by atoms with Crippen LogP contribution in [0, 0.1) is 5.41 Å². The number of nitrogens with one attached hydrogen (secondary N) is 1. The van der Waals surface area contributed by atoms with Crippen molar-refractivity contribution in [2.24, 2.45) is 5.41 Å². The summed E-state index contributed by atoms with van der Waals surface area (Å²) in [5.41, 5.74) is 0.183. The molecule has 1 fully saturated rings. The highest BCUT2D eigenvalue weighted by Crippen LogP contribution is 2.30. The Bertz CT molecular complexity index is 614. The zero-order chi connectivity index (χ0) is 13.3. The van der Waals surface area contributed by atoms with Crippen LogP contribution in [-0.2, 0) is 9.53 Å². The number of carboxylic acids is 1. The molecule has 0 bridgehead atoms. The first kappa shape index (κ1) is 12.0. The summed E-state index contributed by atoms with van der Waals surface area (Å²) < 4.78 is 5.05. The van der Waals surface area contributed by atoms with Crippen molar-refractivity contribution in [3.63, 3.8) is 0 Å². The number of carboxylic acid groups (broad SMARTS) is 1. The zero-order valence-electron chi connectivity index (χ0n) is 10.4. The van der Waals surface area contributed by atoms with Gasteiger partial charge in [0.15, 0.2) is 0 Å². The molecule has 0 aromatic heterocycles. The zero-order valence-corrected chi connectivity index (χ0v) is 10.4. The minimum atomic E-state index is -0.800. The van der Waals surface area contributed by atoms with Gasteiger partial charge in [-0.25, -0.2) is 0 Å². The van der Waals surface area contributed by atoms with Crippen LogP contribution in [0.25, 0.3) is 10.8 Å². The van der Waals surface area contributed by atoms with Crippen molar-refractivity contribution in [3.05, 3.63) is 42.5 Å². The highest BCUT2D eigenvalue weighted by molar-refractivity contribution is 5.94. The lowest BCUT2D eigenvalue weighted by molar-refractivity contribution is -0.176. The molecule has 0 spiro atoms. The molecule has 2 N–H and O–H groups in total. The number of rotatable bonds is 4. The Morgan fingerprint density at radius 2 is 1.95 bits per heavy atom. The molecular weight excluding hydrogens is 242 g/mol. The van der Waals surface area contributed by atoms with Crippen LogP contribution in [0.15, 0.2) is 42.5 Å². The average Bonchev–Trinajstić information content (AvgIpc) is 2.37. The van der Waals surface area contributed by atoms with E-state index in [0.717, 1.165) is 16.5 Å². The van der Waals surface area contributed by atoms with Gasteiger partial charge in [-0.2, -0.15) is 0 Å². The van der Waals surface area contributed by atoms with Gasteiger partial charge in [0, 0.05) is 17.6 Å². The van der Waals surface area contributed by atoms with Crippen molar-refractivity contribution in [1.82, 2.24) is 0 Å². The van der Waals surface area contributed by atoms with E-state index in [1.165, 1.54) is 0 Å². The topological polar surface area (TPSA) is 58.6 Å². The third-order valence-electron chi connectivity index (χ3n) is 3.62. The number of aliphatic carboxylic acids is 1. The van der Waals surface area contributed by atoms with Crippen LogP contribution in [0.1, 0.15) is 0 Å². The van der Waals surface area contributed by atoms with Crippen molar-refractivity contribution < 1.29 is 14.6 Å². The Labute approximate surface area is 111 Å². The standard InChI is InChI=1S/C15H15NO3/c17-14(18)15(9-19-10-15)8-16-13-7-3-5-11-4-1-2-6-12(11)13/h1-7,16H,8-10H2,(H,17,18). The van der Waals surface area contributed by atoms with Gasteiger partial charge in [-0.05, 0) is 11.5 Å². The first-order valence-corrected chi connectivity index (χ1v) is 6.24. The molecule has 0 saturated carbocycles. The lowest BCUT2D eigenvalue weighted by Crippen LogP contribution is -2.53. The highest BCUT2D eigenvalue weighted by atomic mass is 16.5. The number of hydrogen-bond donors (Lipinski definition) is 2. The van der Waals surface area contributed by atoms with E-state index in [9.17, 15) is 9.90 Å². The molecule has 4 nitrogen and oxygen atoms in total. The first-order valence-electron chi connectivity index (χ1n) is 6.24. The van der Waals surface area contributed by atoms with Crippen LogP contribution < -0.4 is 5.32 Å². The van der Waals surface area contributed by atoms with Crippen LogP contribution in [0.5, 0.6) is 0 Å². The van der Waals surface area contributed by atoms with Gasteiger partial charge in [-0.1, -0.05) is 36.4 Å². The number of anilines is 1. The molecular formula is C15H15NO3. The van der Waals surface area contributed by atoms with E-state index >= 15 is 0 Å². The summed E-state index contributed by atoms with van der Waals surface area (Å²) in [6, 6.07) is 14.0. The molecule has 0 atom stereocenters. The molecule has 3 rings (SSSR count). The lowest BCUT2D eigenvalue weighted by Gasteiger charge is -2.37. The van der Waals surface area contributed by atoms with Crippen LogP contribution in [0.2, 0.25) is 0 Å². The molecule has 19 heavy (non-hydrogen) atoms. The summed E-state index contributed by atoms with van der Waals surface area (Å²) in [6.07, 6.45) is 0. The minimum absolute atomic E-state index is 0.278. The van der Waals surface area contributed by atoms with E-state index in [2.05, 4.69) is 5.32 Å². The average molecular weight is 257 g/mol. The normalized spacial score (nSPS) is 16.8. The number of benzene rings is 2. The van der Waals surface area contributed by atoms with E-state index in [-0.39, 0.29) is 13.2 Å². The molecule has 2 aromatic carbocycles. The minimum Gasteiger partial charge on any atom is -0.481 e. The van der Waals surface area contributed by atoms with Gasteiger partial charge in [0.05, 0.1) is 13.2 Å². The molecule has 0 unspecified atom stereocenters. The third kappa shape index (κ3) is 2.04. The first-order chi connectivity index (χ1) is 9.21. The molecule has 1 aliphatic rings. The predicted molar refractivity (Wildman–Crippen MR) is 73.3 cm³/mol. The third-order valence-corrected chi connectivity index (χ3v) is 3.62. The summed E-state index contributed by atoms with van der Waals surface area (Å²) in [5, 5.41) is 14.7. The van der Waals surface area contributed by atoms with Gasteiger partial charge >= 0.3 is 5.97 Å². The maximum Gasteiger partial charge on any atom is 0.316 e. The van der Waals surface area contributed by atoms with Gasteiger partial charge in [0.1, 0.15) is 5.41 Å². The van der Waals surface area contributed by atoms with Crippen molar-refractivity contribution >= 4 is 22.4 Å². The Morgan fingerprint density at radius 1 is 1.21 bits per heavy atom. The molecule has 0 amide bonds. The largest absolute Gasteiger partial charge is 0.481 e. The predicted octanol–water partition coefficient (Wildman–Crippen LogP) is 2.35. The van der Waals surface area contributed by atoms with Crippen molar-refractivity contribution in [1.29, 1.82) is 0 Å². The maximum absolute atomic E-state index is 11.3. The SMILES string of the molecule is O=C(O)C1(CNc2cccc3ccccc23)COC1. The summed E-state index contributed by atoms with van der Waals surface area (Å²) in [6.45, 7) is 0.941. The van der Waals surface area contributed by atoms with Gasteiger partial charge in [-0.3, -0.25) is 4.79 Å². The van der Waals surface area contributed by atoms with Crippen LogP contribution in [-0.4, -0.2) is 30.8 Å². The fraction of sp³-hybridized carbons (Fsp3) is 0.267. The second-order valence-electron chi connectivity index (χ2n) is 4.96. The number of fused-ring (bicyclic) bond motifs is 1. The fourth-order valence-corrected chi connectivity index (χ4v) is 2.29. The van der Waals surface area contributed by atoms with Gasteiger partial charge in [0.25, 0.3) is 0 Å². The Morgan fingerprint density at radius 3 is 2.63 bits per heavy atom. The molecule has 4 heteroatoms. The Balaban J connectivity index is 1.84. The van der Waals surface area contributed by atoms with E-state index in [1.54, 1.807) is 0 Å². The van der Waals surface area contributed by atoms with Crippen molar-refractivity contribution in [2.75, 3.05) is 25.1 Å². The smallest absolute Gasteiger partial charge is 0.316 e. The van der Waals surface area contributed by atoms with E-state index in [1.807, 2.05) is 42.5 Å². The maximum atomic E-state index is 11.3. The number of carbonyl (C=O) groups is 1. The monoisotopic (exact) mass is 257 g/mol. The molecule has 0 radical (unpaired) electrons. The quantitative estimate of drug-likeness (QED) is 0.882. The van der Waals surface area contributed by atoms with Crippen molar-refractivity contribution in [3.8, 4) is 0 Å². The van der Waals surface area contributed by atoms with Crippen LogP contribution in [0.3, 0.4) is 0 Å². The van der Waals surface area contributed by atoms with Gasteiger partial charge < -0.3 is 15.2 Å². The summed E-state index contributed by atoms with van der Waals surface area (Å²) in [4.78, 5) is 11.3. The van der Waals surface area contributed by atoms with Crippen LogP contribution >= 0.6 is 0 Å². The fourth-order valence-electron chi connectivity index (χ4n) is 2.29. The van der Waals surface area contributed by atoms with E-state index < -0.39 is 11.4 Å². The molecule has 2 aromatic rings. The van der Waals surface area contributed by atoms with Gasteiger partial charge in [0.2, 0.25) is 0 Å². The lowest BCUT2D eigenvalue weighted by atomic mass is 9.86. The molecule has 98 valence electrons. The Hall–Kier alpha value is -2.07. The molecule has 1 saturated heterocycles. The number of hydrogen-bond acceptors (Lipinski definition) is 3. The summed E-state index contributed by atoms with van der Waals surface area (Å²) >= 11 is 0. The highest BCUT2D eigenvalue weighted by Gasteiger charge is 2.46.